The third-order valence-corrected chi connectivity index (χ3v) is 9.91. The molecule has 4 rings (SSSR count). The van der Waals surface area contributed by atoms with Crippen molar-refractivity contribution in [3.8, 4) is 0 Å². The highest BCUT2D eigenvalue weighted by molar-refractivity contribution is 5.38. The first kappa shape index (κ1) is 20.7. The van der Waals surface area contributed by atoms with Gasteiger partial charge >= 0.3 is 0 Å². The summed E-state index contributed by atoms with van der Waals surface area (Å²) in [4.78, 5) is 0. The monoisotopic (exact) mass is 384 g/mol. The number of allylic oxidation sites excluding steroid dienone is 4. The molecule has 0 bridgehead atoms. The van der Waals surface area contributed by atoms with E-state index in [-0.39, 0.29) is 0 Å². The summed E-state index contributed by atoms with van der Waals surface area (Å²) < 4.78 is 0. The Balaban J connectivity index is 1.49. The molecule has 1 nitrogen and oxygen atoms in total. The molecule has 0 saturated heterocycles. The molecule has 1 unspecified atom stereocenters. The van der Waals surface area contributed by atoms with E-state index in [1.54, 1.807) is 5.57 Å². The summed E-state index contributed by atoms with van der Waals surface area (Å²) in [5, 5.41) is 9.31. The average molecular weight is 385 g/mol. The molecule has 28 heavy (non-hydrogen) atoms. The lowest BCUT2D eigenvalue weighted by atomic mass is 9.50. The molecule has 158 valence electrons. The van der Waals surface area contributed by atoms with Gasteiger partial charge in [0.05, 0.1) is 0 Å². The van der Waals surface area contributed by atoms with Crippen molar-refractivity contribution >= 4 is 0 Å². The van der Waals surface area contributed by atoms with E-state index >= 15 is 0 Å². The second-order valence-corrected chi connectivity index (χ2v) is 11.5. The van der Waals surface area contributed by atoms with E-state index in [0.29, 0.717) is 23.4 Å². The van der Waals surface area contributed by atoms with Crippen molar-refractivity contribution in [2.45, 2.75) is 98.3 Å². The highest BCUT2D eigenvalue weighted by Gasteiger charge is 2.56. The number of hydrogen-bond donors (Lipinski definition) is 1. The SMILES string of the molecule is CC(CO)CCC[C@@H](C)[C@H]1CC[C@H]2C3=CC=C4CCCC[C@]4(C)[C@H]3CC[C@]12C. The van der Waals surface area contributed by atoms with Gasteiger partial charge in [0.1, 0.15) is 0 Å². The maximum absolute atomic E-state index is 9.31. The molecule has 0 aliphatic heterocycles. The second kappa shape index (κ2) is 7.93. The molecule has 0 radical (unpaired) electrons. The van der Waals surface area contributed by atoms with Crippen LogP contribution in [0.3, 0.4) is 0 Å². The third kappa shape index (κ3) is 3.34. The molecule has 1 N–H and O–H groups in total. The van der Waals surface area contributed by atoms with E-state index in [2.05, 4.69) is 39.8 Å². The highest BCUT2D eigenvalue weighted by atomic mass is 16.3. The Kier molecular flexibility index (Phi) is 5.87. The lowest BCUT2D eigenvalue weighted by Gasteiger charge is -2.54. The summed E-state index contributed by atoms with van der Waals surface area (Å²) in [6, 6.07) is 0. The Labute approximate surface area is 174 Å². The minimum absolute atomic E-state index is 0.349. The van der Waals surface area contributed by atoms with Crippen molar-refractivity contribution < 1.29 is 5.11 Å². The van der Waals surface area contributed by atoms with Crippen molar-refractivity contribution in [3.63, 3.8) is 0 Å². The van der Waals surface area contributed by atoms with Gasteiger partial charge in [0.15, 0.2) is 0 Å². The van der Waals surface area contributed by atoms with E-state index in [4.69, 9.17) is 0 Å². The minimum Gasteiger partial charge on any atom is -0.396 e. The molecule has 0 aromatic rings. The maximum atomic E-state index is 9.31. The molecule has 4 aliphatic carbocycles. The Bertz CT molecular complexity index is 630. The van der Waals surface area contributed by atoms with Gasteiger partial charge in [-0.3, -0.25) is 0 Å². The Morgan fingerprint density at radius 1 is 1.00 bits per heavy atom. The first-order valence-electron chi connectivity index (χ1n) is 12.4. The zero-order valence-corrected chi connectivity index (χ0v) is 19.0. The van der Waals surface area contributed by atoms with Gasteiger partial charge in [-0.25, -0.2) is 0 Å². The molecule has 0 heterocycles. The van der Waals surface area contributed by atoms with Crippen LogP contribution in [-0.4, -0.2) is 11.7 Å². The first-order valence-corrected chi connectivity index (χ1v) is 12.4. The van der Waals surface area contributed by atoms with Crippen LogP contribution in [0.15, 0.2) is 23.3 Å². The number of rotatable bonds is 6. The van der Waals surface area contributed by atoms with Crippen molar-refractivity contribution in [3.05, 3.63) is 23.3 Å². The number of aliphatic hydroxyl groups is 1. The van der Waals surface area contributed by atoms with E-state index in [1.165, 1.54) is 70.6 Å². The molecule has 0 aromatic heterocycles. The summed E-state index contributed by atoms with van der Waals surface area (Å²) in [5.41, 5.74) is 4.64. The van der Waals surface area contributed by atoms with Crippen LogP contribution in [0.5, 0.6) is 0 Å². The molecule has 3 fully saturated rings. The van der Waals surface area contributed by atoms with Crippen LogP contribution in [0.1, 0.15) is 98.3 Å². The summed E-state index contributed by atoms with van der Waals surface area (Å²) in [6.07, 6.45) is 20.4. The molecule has 0 amide bonds. The summed E-state index contributed by atoms with van der Waals surface area (Å²) >= 11 is 0. The molecular formula is C27H44O. The zero-order chi connectivity index (χ0) is 19.9. The van der Waals surface area contributed by atoms with Gasteiger partial charge in [0.25, 0.3) is 0 Å². The van der Waals surface area contributed by atoms with Crippen LogP contribution >= 0.6 is 0 Å². The van der Waals surface area contributed by atoms with Crippen molar-refractivity contribution in [1.29, 1.82) is 0 Å². The molecular weight excluding hydrogens is 340 g/mol. The minimum atomic E-state index is 0.349. The molecule has 7 atom stereocenters. The second-order valence-electron chi connectivity index (χ2n) is 11.5. The molecule has 1 heteroatoms. The molecule has 4 aliphatic rings. The van der Waals surface area contributed by atoms with Gasteiger partial charge in [-0.2, -0.15) is 0 Å². The molecule has 0 aromatic carbocycles. The van der Waals surface area contributed by atoms with Crippen LogP contribution in [0, 0.1) is 40.4 Å². The Morgan fingerprint density at radius 2 is 1.82 bits per heavy atom. The van der Waals surface area contributed by atoms with Gasteiger partial charge in [-0.05, 0) is 91.8 Å². The van der Waals surface area contributed by atoms with Crippen LogP contribution in [0.25, 0.3) is 0 Å². The normalized spacial score (nSPS) is 42.0. The van der Waals surface area contributed by atoms with E-state index < -0.39 is 0 Å². The number of fused-ring (bicyclic) bond motifs is 5. The Hall–Kier alpha value is -0.560. The fourth-order valence-corrected chi connectivity index (χ4v) is 8.09. The smallest absolute Gasteiger partial charge is 0.0456 e. The lowest BCUT2D eigenvalue weighted by molar-refractivity contribution is 0.0474. The van der Waals surface area contributed by atoms with Crippen LogP contribution in [-0.2, 0) is 0 Å². The number of hydrogen-bond acceptors (Lipinski definition) is 1. The van der Waals surface area contributed by atoms with Crippen LogP contribution in [0.4, 0.5) is 0 Å². The van der Waals surface area contributed by atoms with Crippen LogP contribution in [0.2, 0.25) is 0 Å². The quantitative estimate of drug-likeness (QED) is 0.509. The van der Waals surface area contributed by atoms with Gasteiger partial charge < -0.3 is 5.11 Å². The van der Waals surface area contributed by atoms with Crippen molar-refractivity contribution in [1.82, 2.24) is 0 Å². The topological polar surface area (TPSA) is 20.2 Å². The highest BCUT2D eigenvalue weighted by Crippen LogP contribution is 2.66. The van der Waals surface area contributed by atoms with Gasteiger partial charge in [-0.1, -0.05) is 70.3 Å². The predicted molar refractivity (Wildman–Crippen MR) is 119 cm³/mol. The fraction of sp³-hybridized carbons (Fsp3) is 0.852. The fourth-order valence-electron chi connectivity index (χ4n) is 8.09. The average Bonchev–Trinajstić information content (AvgIpc) is 3.04. The lowest BCUT2D eigenvalue weighted by Crippen LogP contribution is -2.45. The summed E-state index contributed by atoms with van der Waals surface area (Å²) in [7, 11) is 0. The summed E-state index contributed by atoms with van der Waals surface area (Å²) in [5.74, 6) is 3.88. The Morgan fingerprint density at radius 3 is 2.61 bits per heavy atom. The summed E-state index contributed by atoms with van der Waals surface area (Å²) in [6.45, 7) is 10.3. The van der Waals surface area contributed by atoms with E-state index in [0.717, 1.165) is 23.7 Å². The maximum Gasteiger partial charge on any atom is 0.0456 e. The van der Waals surface area contributed by atoms with Gasteiger partial charge in [-0.15, -0.1) is 0 Å². The standard InChI is InChI=1S/C27H44O/c1-19(18-28)8-7-9-20(2)23-13-14-24-22-12-11-21-10-5-6-16-26(21,3)25(22)15-17-27(23,24)4/h11-12,19-20,23-25,28H,5-10,13-18H2,1-4H3/t19?,20-,23-,24+,25+,26+,27-/m1/s1. The molecule has 3 saturated carbocycles. The number of aliphatic hydroxyl groups excluding tert-OH is 1. The molecule has 0 spiro atoms. The van der Waals surface area contributed by atoms with Crippen molar-refractivity contribution in [2.24, 2.45) is 40.4 Å². The predicted octanol–water partition coefficient (Wildman–Crippen LogP) is 7.31. The van der Waals surface area contributed by atoms with E-state index in [9.17, 15) is 5.11 Å². The van der Waals surface area contributed by atoms with Crippen molar-refractivity contribution in [2.75, 3.05) is 6.61 Å². The largest absolute Gasteiger partial charge is 0.396 e. The zero-order valence-electron chi connectivity index (χ0n) is 19.0. The van der Waals surface area contributed by atoms with Crippen LogP contribution < -0.4 is 0 Å². The third-order valence-electron chi connectivity index (χ3n) is 9.91. The first-order chi connectivity index (χ1) is 13.4. The van der Waals surface area contributed by atoms with E-state index in [1.807, 2.05) is 5.57 Å². The van der Waals surface area contributed by atoms with Gasteiger partial charge in [0.2, 0.25) is 0 Å². The van der Waals surface area contributed by atoms with Gasteiger partial charge in [0, 0.05) is 6.61 Å².